The third-order valence-corrected chi connectivity index (χ3v) is 4.04. The molecule has 0 spiro atoms. The number of hydrogen-bond acceptors (Lipinski definition) is 5. The molecule has 0 N–H and O–H groups in total. The fourth-order valence-corrected chi connectivity index (χ4v) is 2.76. The molecule has 6 nitrogen and oxygen atoms in total. The van der Waals surface area contributed by atoms with Gasteiger partial charge in [-0.15, -0.1) is 0 Å². The van der Waals surface area contributed by atoms with Gasteiger partial charge in [0.25, 0.3) is 5.89 Å². The van der Waals surface area contributed by atoms with Crippen LogP contribution in [0.5, 0.6) is 0 Å². The number of carbonyl (C=O) groups is 1. The lowest BCUT2D eigenvalue weighted by Crippen LogP contribution is -2.27. The largest absolute Gasteiger partial charge is 0.469 e. The van der Waals surface area contributed by atoms with Crippen molar-refractivity contribution in [3.63, 3.8) is 0 Å². The molecule has 6 heteroatoms. The number of likely N-dealkylation sites (tertiary alicyclic amines) is 1. The number of nitrogens with zero attached hydrogens (tertiary/aromatic N) is 3. The fraction of sp³-hybridized carbons (Fsp3) is 0.500. The van der Waals surface area contributed by atoms with Crippen LogP contribution in [0.25, 0.3) is 11.5 Å². The summed E-state index contributed by atoms with van der Waals surface area (Å²) in [4.78, 5) is 18.3. The lowest BCUT2D eigenvalue weighted by Gasteiger charge is -2.13. The van der Waals surface area contributed by atoms with Crippen molar-refractivity contribution >= 4 is 5.91 Å². The van der Waals surface area contributed by atoms with Crippen LogP contribution < -0.4 is 0 Å². The van der Waals surface area contributed by atoms with E-state index >= 15 is 0 Å². The third kappa shape index (κ3) is 1.83. The van der Waals surface area contributed by atoms with Crippen molar-refractivity contribution in [2.24, 2.45) is 0 Å². The molecule has 1 amide bonds. The first-order chi connectivity index (χ1) is 9.72. The van der Waals surface area contributed by atoms with Gasteiger partial charge in [0.05, 0.1) is 11.8 Å². The highest BCUT2D eigenvalue weighted by atomic mass is 16.5. The number of aromatic nitrogens is 2. The lowest BCUT2D eigenvalue weighted by molar-refractivity contribution is -0.128. The van der Waals surface area contributed by atoms with Crippen molar-refractivity contribution in [1.82, 2.24) is 15.0 Å². The Morgan fingerprint density at radius 2 is 2.25 bits per heavy atom. The first kappa shape index (κ1) is 11.7. The molecule has 2 aromatic rings. The molecular weight excluding hydrogens is 258 g/mol. The normalized spacial score (nSPS) is 22.8. The van der Waals surface area contributed by atoms with Crippen molar-refractivity contribution in [2.75, 3.05) is 6.54 Å². The summed E-state index contributed by atoms with van der Waals surface area (Å²) in [6, 6.07) is 2.26. The third-order valence-electron chi connectivity index (χ3n) is 4.04. The Morgan fingerprint density at radius 3 is 2.95 bits per heavy atom. The smallest absolute Gasteiger partial charge is 0.261 e. The van der Waals surface area contributed by atoms with Crippen LogP contribution in [-0.4, -0.2) is 33.5 Å². The number of hydrogen-bond donors (Lipinski definition) is 0. The minimum absolute atomic E-state index is 0.0489. The Kier molecular flexibility index (Phi) is 2.45. The number of aryl methyl sites for hydroxylation is 1. The summed E-state index contributed by atoms with van der Waals surface area (Å²) >= 11 is 0. The number of carbonyl (C=O) groups excluding carboxylic acids is 1. The first-order valence-corrected chi connectivity index (χ1v) is 6.90. The molecule has 0 unspecified atom stereocenters. The van der Waals surface area contributed by atoms with Gasteiger partial charge in [0, 0.05) is 24.9 Å². The van der Waals surface area contributed by atoms with E-state index < -0.39 is 0 Å². The summed E-state index contributed by atoms with van der Waals surface area (Å²) < 4.78 is 10.5. The zero-order valence-corrected chi connectivity index (χ0v) is 11.2. The quantitative estimate of drug-likeness (QED) is 0.856. The highest BCUT2D eigenvalue weighted by Crippen LogP contribution is 2.36. The maximum atomic E-state index is 12.0. The minimum atomic E-state index is 0.0489. The van der Waals surface area contributed by atoms with Gasteiger partial charge in [-0.3, -0.25) is 4.79 Å². The maximum absolute atomic E-state index is 12.0. The Balaban J connectivity index is 1.57. The molecule has 0 bridgehead atoms. The Morgan fingerprint density at radius 1 is 1.40 bits per heavy atom. The van der Waals surface area contributed by atoms with Crippen LogP contribution in [0, 0.1) is 6.92 Å². The molecule has 4 rings (SSSR count). The maximum Gasteiger partial charge on any atom is 0.261 e. The van der Waals surface area contributed by atoms with Crippen LogP contribution in [0.2, 0.25) is 0 Å². The molecule has 104 valence electrons. The van der Waals surface area contributed by atoms with E-state index in [4.69, 9.17) is 8.94 Å². The SMILES string of the molecule is Cc1occc1-c1nc([C@H]2CC(=O)N(C3CC3)C2)no1. The van der Waals surface area contributed by atoms with Crippen molar-refractivity contribution in [3.8, 4) is 11.5 Å². The van der Waals surface area contributed by atoms with E-state index in [1.807, 2.05) is 17.9 Å². The topological polar surface area (TPSA) is 72.4 Å². The number of furan rings is 1. The van der Waals surface area contributed by atoms with Crippen molar-refractivity contribution < 1.29 is 13.7 Å². The Hall–Kier alpha value is -2.11. The van der Waals surface area contributed by atoms with E-state index in [-0.39, 0.29) is 11.8 Å². The van der Waals surface area contributed by atoms with Gasteiger partial charge in [0.15, 0.2) is 5.82 Å². The predicted octanol–water partition coefficient (Wildman–Crippen LogP) is 2.12. The van der Waals surface area contributed by atoms with Crippen LogP contribution in [0.4, 0.5) is 0 Å². The highest BCUT2D eigenvalue weighted by Gasteiger charge is 2.41. The second kappa shape index (κ2) is 4.19. The molecular formula is C14H15N3O3. The zero-order valence-electron chi connectivity index (χ0n) is 11.2. The molecule has 20 heavy (non-hydrogen) atoms. The zero-order chi connectivity index (χ0) is 13.7. The van der Waals surface area contributed by atoms with Crippen LogP contribution in [-0.2, 0) is 4.79 Å². The second-order valence-electron chi connectivity index (χ2n) is 5.53. The molecule has 1 atom stereocenters. The van der Waals surface area contributed by atoms with Crippen LogP contribution in [0.1, 0.15) is 36.8 Å². The van der Waals surface area contributed by atoms with Gasteiger partial charge in [0.2, 0.25) is 5.91 Å². The average molecular weight is 273 g/mol. The summed E-state index contributed by atoms with van der Waals surface area (Å²) in [6.45, 7) is 2.57. The molecule has 0 radical (unpaired) electrons. The summed E-state index contributed by atoms with van der Waals surface area (Å²) in [7, 11) is 0. The molecule has 1 saturated carbocycles. The first-order valence-electron chi connectivity index (χ1n) is 6.90. The van der Waals surface area contributed by atoms with Gasteiger partial charge in [-0.25, -0.2) is 0 Å². The summed E-state index contributed by atoms with van der Waals surface area (Å²) in [5.41, 5.74) is 0.812. The number of amides is 1. The van der Waals surface area contributed by atoms with Gasteiger partial charge in [-0.1, -0.05) is 5.16 Å². The monoisotopic (exact) mass is 273 g/mol. The van der Waals surface area contributed by atoms with Gasteiger partial charge in [-0.05, 0) is 25.8 Å². The number of rotatable bonds is 3. The standard InChI is InChI=1S/C14H15N3O3/c1-8-11(4-5-19-8)14-15-13(16-20-14)9-6-12(18)17(7-9)10-2-3-10/h4-5,9-10H,2-3,6-7H2,1H3/t9-/m0/s1. The highest BCUT2D eigenvalue weighted by molar-refractivity contribution is 5.80. The van der Waals surface area contributed by atoms with Crippen molar-refractivity contribution in [1.29, 1.82) is 0 Å². The van der Waals surface area contributed by atoms with Gasteiger partial charge >= 0.3 is 0 Å². The molecule has 0 aromatic carbocycles. The van der Waals surface area contributed by atoms with Crippen molar-refractivity contribution in [3.05, 3.63) is 23.9 Å². The van der Waals surface area contributed by atoms with Gasteiger partial charge in [-0.2, -0.15) is 4.98 Å². The summed E-state index contributed by atoms with van der Waals surface area (Å²) in [6.07, 6.45) is 4.34. The molecule has 2 fully saturated rings. The second-order valence-corrected chi connectivity index (χ2v) is 5.53. The average Bonchev–Trinajstić information content (AvgIpc) is 2.85. The Labute approximate surface area is 115 Å². The van der Waals surface area contributed by atoms with E-state index in [0.29, 0.717) is 30.7 Å². The Bertz CT molecular complexity index is 656. The molecule has 2 aromatic heterocycles. The molecule has 1 aliphatic heterocycles. The predicted molar refractivity (Wildman–Crippen MR) is 68.8 cm³/mol. The van der Waals surface area contributed by atoms with E-state index in [1.165, 1.54) is 0 Å². The molecule has 2 aliphatic rings. The van der Waals surface area contributed by atoms with Gasteiger partial charge in [0.1, 0.15) is 5.76 Å². The van der Waals surface area contributed by atoms with E-state index in [1.54, 1.807) is 6.26 Å². The van der Waals surface area contributed by atoms with Crippen LogP contribution >= 0.6 is 0 Å². The molecule has 1 aliphatic carbocycles. The molecule has 3 heterocycles. The van der Waals surface area contributed by atoms with E-state index in [0.717, 1.165) is 24.2 Å². The van der Waals surface area contributed by atoms with E-state index in [2.05, 4.69) is 10.1 Å². The van der Waals surface area contributed by atoms with Gasteiger partial charge < -0.3 is 13.8 Å². The minimum Gasteiger partial charge on any atom is -0.469 e. The van der Waals surface area contributed by atoms with E-state index in [9.17, 15) is 4.79 Å². The van der Waals surface area contributed by atoms with Crippen molar-refractivity contribution in [2.45, 2.75) is 38.1 Å². The van der Waals surface area contributed by atoms with Crippen LogP contribution in [0.3, 0.4) is 0 Å². The fourth-order valence-electron chi connectivity index (χ4n) is 2.76. The molecule has 1 saturated heterocycles. The summed E-state index contributed by atoms with van der Waals surface area (Å²) in [5.74, 6) is 2.10. The lowest BCUT2D eigenvalue weighted by atomic mass is 10.1. The van der Waals surface area contributed by atoms with Crippen LogP contribution in [0.15, 0.2) is 21.3 Å². The summed E-state index contributed by atoms with van der Waals surface area (Å²) in [5, 5.41) is 4.04.